The lowest BCUT2D eigenvalue weighted by molar-refractivity contribution is 0.355. The van der Waals surface area contributed by atoms with Gasteiger partial charge in [0.15, 0.2) is 11.5 Å². The van der Waals surface area contributed by atoms with Crippen LogP contribution in [0.25, 0.3) is 10.9 Å². The normalized spacial score (nSPS) is 9.59. The van der Waals surface area contributed by atoms with E-state index in [2.05, 4.69) is 4.98 Å². The van der Waals surface area contributed by atoms with Gasteiger partial charge in [-0.15, -0.1) is 0 Å². The predicted molar refractivity (Wildman–Crippen MR) is 68.1 cm³/mol. The minimum Gasteiger partial charge on any atom is -0.496 e. The molecular weight excluding hydrogens is 218 g/mol. The van der Waals surface area contributed by atoms with Crippen LogP contribution in [0.4, 0.5) is 0 Å². The number of methoxy groups -OCH3 is 3. The van der Waals surface area contributed by atoms with Gasteiger partial charge in [-0.3, -0.25) is 4.98 Å². The molecule has 0 saturated heterocycles. The molecule has 0 unspecified atom stereocenters. The first kappa shape index (κ1) is 13.1. The third-order valence-corrected chi connectivity index (χ3v) is 2.43. The highest BCUT2D eigenvalue weighted by atomic mass is 16.5. The molecule has 4 heteroatoms. The van der Waals surface area contributed by atoms with Gasteiger partial charge in [0.05, 0.1) is 26.8 Å². The zero-order chi connectivity index (χ0) is 11.5. The van der Waals surface area contributed by atoms with E-state index in [9.17, 15) is 0 Å². The maximum Gasteiger partial charge on any atom is 0.162 e. The van der Waals surface area contributed by atoms with Crippen molar-refractivity contribution in [3.05, 3.63) is 24.4 Å². The topological polar surface area (TPSA) is 40.6 Å². The molecule has 0 radical (unpaired) electrons. The average Bonchev–Trinajstić information content (AvgIpc) is 2.36. The molecule has 2 rings (SSSR count). The van der Waals surface area contributed by atoms with Crippen LogP contribution in [0, 0.1) is 0 Å². The lowest BCUT2D eigenvalue weighted by Gasteiger charge is -2.10. The van der Waals surface area contributed by atoms with Gasteiger partial charge in [-0.2, -0.15) is 0 Å². The van der Waals surface area contributed by atoms with Crippen LogP contribution < -0.4 is 14.2 Å². The molecule has 1 aromatic carbocycles. The summed E-state index contributed by atoms with van der Waals surface area (Å²) in [5, 5.41) is 0.905. The number of ether oxygens (including phenoxy) is 3. The second-order valence-corrected chi connectivity index (χ2v) is 3.24. The Morgan fingerprint density at radius 2 is 1.47 bits per heavy atom. The van der Waals surface area contributed by atoms with E-state index >= 15 is 0 Å². The SMILES string of the molecule is C.COc1cc2nccc(OC)c2cc1OC. The van der Waals surface area contributed by atoms with Crippen molar-refractivity contribution in [3.8, 4) is 17.2 Å². The highest BCUT2D eigenvalue weighted by Gasteiger charge is 2.09. The Morgan fingerprint density at radius 3 is 2.06 bits per heavy atom. The fraction of sp³-hybridized carbons (Fsp3) is 0.308. The summed E-state index contributed by atoms with van der Waals surface area (Å²) in [5.74, 6) is 2.10. The average molecular weight is 235 g/mol. The number of nitrogens with zero attached hydrogens (tertiary/aromatic N) is 1. The van der Waals surface area contributed by atoms with E-state index in [1.807, 2.05) is 18.2 Å². The van der Waals surface area contributed by atoms with E-state index in [1.54, 1.807) is 27.5 Å². The Kier molecular flexibility index (Phi) is 4.15. The first-order valence-corrected chi connectivity index (χ1v) is 4.85. The van der Waals surface area contributed by atoms with Gasteiger partial charge in [0.25, 0.3) is 0 Å². The molecule has 0 aliphatic carbocycles. The number of rotatable bonds is 3. The Bertz CT molecular complexity index is 511. The molecule has 1 aromatic heterocycles. The Labute approximate surface area is 101 Å². The predicted octanol–water partition coefficient (Wildman–Crippen LogP) is 2.90. The maximum absolute atomic E-state index is 5.26. The van der Waals surface area contributed by atoms with Gasteiger partial charge in [0, 0.05) is 17.6 Å². The van der Waals surface area contributed by atoms with Crippen LogP contribution in [0.1, 0.15) is 7.43 Å². The number of fused-ring (bicyclic) bond motifs is 1. The summed E-state index contributed by atoms with van der Waals surface area (Å²) in [4.78, 5) is 4.26. The molecule has 0 aliphatic rings. The van der Waals surface area contributed by atoms with Gasteiger partial charge in [0.2, 0.25) is 0 Å². The van der Waals surface area contributed by atoms with E-state index in [-0.39, 0.29) is 7.43 Å². The van der Waals surface area contributed by atoms with Crippen LogP contribution in [0.2, 0.25) is 0 Å². The fourth-order valence-corrected chi connectivity index (χ4v) is 1.63. The lowest BCUT2D eigenvalue weighted by atomic mass is 10.2. The molecule has 0 N–H and O–H groups in total. The van der Waals surface area contributed by atoms with Gasteiger partial charge >= 0.3 is 0 Å². The largest absolute Gasteiger partial charge is 0.496 e. The van der Waals surface area contributed by atoms with Crippen LogP contribution in [0.15, 0.2) is 24.4 Å². The van der Waals surface area contributed by atoms with E-state index < -0.39 is 0 Å². The summed E-state index contributed by atoms with van der Waals surface area (Å²) in [5.41, 5.74) is 0.817. The Balaban J connectivity index is 0.00000144. The van der Waals surface area contributed by atoms with E-state index in [4.69, 9.17) is 14.2 Å². The van der Waals surface area contributed by atoms with Crippen molar-refractivity contribution in [3.63, 3.8) is 0 Å². The Hall–Kier alpha value is -1.97. The smallest absolute Gasteiger partial charge is 0.162 e. The van der Waals surface area contributed by atoms with Crippen LogP contribution in [-0.4, -0.2) is 26.3 Å². The van der Waals surface area contributed by atoms with E-state index in [0.29, 0.717) is 11.5 Å². The molecule has 0 fully saturated rings. The molecule has 1 heterocycles. The lowest BCUT2D eigenvalue weighted by Crippen LogP contribution is -1.93. The molecule has 0 spiro atoms. The summed E-state index contributed by atoms with van der Waals surface area (Å²) < 4.78 is 15.7. The molecule has 0 saturated carbocycles. The van der Waals surface area contributed by atoms with Crippen molar-refractivity contribution in [2.45, 2.75) is 7.43 Å². The maximum atomic E-state index is 5.26. The van der Waals surface area contributed by atoms with Crippen LogP contribution in [0.3, 0.4) is 0 Å². The molecule has 0 amide bonds. The second-order valence-electron chi connectivity index (χ2n) is 3.24. The standard InChI is InChI=1S/C12H13NO3.CH4/c1-14-10-4-5-13-9-7-12(16-3)11(15-2)6-8(9)10;/h4-7H,1-3H3;1H4. The Morgan fingerprint density at radius 1 is 0.882 bits per heavy atom. The second kappa shape index (κ2) is 5.39. The molecular formula is C13H17NO3. The summed E-state index contributed by atoms with van der Waals surface area (Å²) in [6.07, 6.45) is 1.70. The summed E-state index contributed by atoms with van der Waals surface area (Å²) in [6.45, 7) is 0. The third kappa shape index (κ3) is 2.25. The zero-order valence-corrected chi connectivity index (χ0v) is 9.48. The molecule has 0 aliphatic heterocycles. The molecule has 17 heavy (non-hydrogen) atoms. The monoisotopic (exact) mass is 235 g/mol. The van der Waals surface area contributed by atoms with Gasteiger partial charge in [0.1, 0.15) is 5.75 Å². The number of hydrogen-bond donors (Lipinski definition) is 0. The van der Waals surface area contributed by atoms with Gasteiger partial charge in [-0.25, -0.2) is 0 Å². The van der Waals surface area contributed by atoms with Gasteiger partial charge in [-0.05, 0) is 12.1 Å². The van der Waals surface area contributed by atoms with E-state index in [0.717, 1.165) is 16.7 Å². The van der Waals surface area contributed by atoms with Crippen molar-refractivity contribution in [1.82, 2.24) is 4.98 Å². The number of benzene rings is 1. The van der Waals surface area contributed by atoms with E-state index in [1.165, 1.54) is 0 Å². The minimum atomic E-state index is 0. The van der Waals surface area contributed by atoms with Crippen LogP contribution in [-0.2, 0) is 0 Å². The molecule has 0 atom stereocenters. The van der Waals surface area contributed by atoms with Crippen molar-refractivity contribution in [1.29, 1.82) is 0 Å². The minimum absolute atomic E-state index is 0. The van der Waals surface area contributed by atoms with Crippen molar-refractivity contribution in [2.75, 3.05) is 21.3 Å². The van der Waals surface area contributed by atoms with Gasteiger partial charge < -0.3 is 14.2 Å². The summed E-state index contributed by atoms with van der Waals surface area (Å²) >= 11 is 0. The van der Waals surface area contributed by atoms with Gasteiger partial charge in [-0.1, -0.05) is 7.43 Å². The molecule has 0 bridgehead atoms. The van der Waals surface area contributed by atoms with Crippen molar-refractivity contribution in [2.24, 2.45) is 0 Å². The third-order valence-electron chi connectivity index (χ3n) is 2.43. The molecule has 2 aromatic rings. The van der Waals surface area contributed by atoms with Crippen LogP contribution >= 0.6 is 0 Å². The van der Waals surface area contributed by atoms with Crippen molar-refractivity contribution >= 4 is 10.9 Å². The molecule has 4 nitrogen and oxygen atoms in total. The number of pyridine rings is 1. The zero-order valence-electron chi connectivity index (χ0n) is 9.48. The fourth-order valence-electron chi connectivity index (χ4n) is 1.63. The quantitative estimate of drug-likeness (QED) is 0.820. The molecule has 92 valence electrons. The first-order chi connectivity index (χ1) is 7.80. The first-order valence-electron chi connectivity index (χ1n) is 4.85. The van der Waals surface area contributed by atoms with Crippen molar-refractivity contribution < 1.29 is 14.2 Å². The summed E-state index contributed by atoms with van der Waals surface area (Å²) in [6, 6.07) is 5.50. The summed E-state index contributed by atoms with van der Waals surface area (Å²) in [7, 11) is 4.84. The highest BCUT2D eigenvalue weighted by Crippen LogP contribution is 2.34. The number of aromatic nitrogens is 1. The highest BCUT2D eigenvalue weighted by molar-refractivity contribution is 5.88. The number of hydrogen-bond acceptors (Lipinski definition) is 4. The van der Waals surface area contributed by atoms with Crippen LogP contribution in [0.5, 0.6) is 17.2 Å².